The molecule has 0 atom stereocenters. The lowest BCUT2D eigenvalue weighted by atomic mass is 9.96. The molecule has 1 aromatic rings. The van der Waals surface area contributed by atoms with Crippen LogP contribution in [-0.2, 0) is 4.79 Å². The molecule has 0 saturated carbocycles. The van der Waals surface area contributed by atoms with E-state index in [1.54, 1.807) is 6.07 Å². The van der Waals surface area contributed by atoms with Gasteiger partial charge in [-0.1, -0.05) is 11.6 Å². The van der Waals surface area contributed by atoms with Crippen LogP contribution in [0.3, 0.4) is 0 Å². The minimum atomic E-state index is -0.0923. The molecule has 6 nitrogen and oxygen atoms in total. The van der Waals surface area contributed by atoms with Gasteiger partial charge in [-0.25, -0.2) is 15.8 Å². The van der Waals surface area contributed by atoms with Gasteiger partial charge in [0.25, 0.3) is 0 Å². The zero-order valence-electron chi connectivity index (χ0n) is 9.27. The second-order valence-corrected chi connectivity index (χ2v) is 4.36. The SMILES string of the molecule is NNC(=O)C1CCN(c2cc(Cl)ncn2)CC1. The van der Waals surface area contributed by atoms with Crippen LogP contribution >= 0.6 is 11.6 Å². The molecule has 7 heteroatoms. The number of rotatable bonds is 2. The first-order valence-electron chi connectivity index (χ1n) is 5.43. The van der Waals surface area contributed by atoms with Crippen molar-refractivity contribution in [3.63, 3.8) is 0 Å². The maximum Gasteiger partial charge on any atom is 0.237 e. The summed E-state index contributed by atoms with van der Waals surface area (Å²) in [5, 5.41) is 0.428. The first-order valence-corrected chi connectivity index (χ1v) is 5.81. The molecule has 17 heavy (non-hydrogen) atoms. The van der Waals surface area contributed by atoms with E-state index in [1.807, 2.05) is 0 Å². The molecule has 92 valence electrons. The van der Waals surface area contributed by atoms with Gasteiger partial charge < -0.3 is 4.90 Å². The van der Waals surface area contributed by atoms with Gasteiger partial charge in [-0.05, 0) is 12.8 Å². The first-order chi connectivity index (χ1) is 8.20. The van der Waals surface area contributed by atoms with E-state index >= 15 is 0 Å². The van der Waals surface area contributed by atoms with Gasteiger partial charge in [0.05, 0.1) is 0 Å². The largest absolute Gasteiger partial charge is 0.356 e. The highest BCUT2D eigenvalue weighted by atomic mass is 35.5. The molecule has 0 radical (unpaired) electrons. The van der Waals surface area contributed by atoms with E-state index in [2.05, 4.69) is 20.3 Å². The van der Waals surface area contributed by atoms with E-state index < -0.39 is 0 Å². The van der Waals surface area contributed by atoms with E-state index in [1.165, 1.54) is 6.33 Å². The van der Waals surface area contributed by atoms with E-state index in [0.29, 0.717) is 5.15 Å². The number of hydrogen-bond donors (Lipinski definition) is 2. The Morgan fingerprint density at radius 3 is 2.76 bits per heavy atom. The number of amides is 1. The summed E-state index contributed by atoms with van der Waals surface area (Å²) in [6.07, 6.45) is 2.98. The van der Waals surface area contributed by atoms with Crippen LogP contribution in [0.15, 0.2) is 12.4 Å². The number of hydrazine groups is 1. The van der Waals surface area contributed by atoms with Crippen molar-refractivity contribution in [3.8, 4) is 0 Å². The number of hydrogen-bond acceptors (Lipinski definition) is 5. The van der Waals surface area contributed by atoms with E-state index in [9.17, 15) is 4.79 Å². The van der Waals surface area contributed by atoms with E-state index in [-0.39, 0.29) is 11.8 Å². The number of anilines is 1. The van der Waals surface area contributed by atoms with Crippen molar-refractivity contribution in [2.24, 2.45) is 11.8 Å². The first kappa shape index (κ1) is 12.1. The molecule has 0 aromatic carbocycles. The molecule has 0 bridgehead atoms. The van der Waals surface area contributed by atoms with Crippen LogP contribution in [-0.4, -0.2) is 29.0 Å². The molecule has 1 saturated heterocycles. The summed E-state index contributed by atoms with van der Waals surface area (Å²) < 4.78 is 0. The van der Waals surface area contributed by atoms with Gasteiger partial charge in [-0.3, -0.25) is 10.2 Å². The summed E-state index contributed by atoms with van der Waals surface area (Å²) >= 11 is 5.81. The Bertz CT molecular complexity index is 405. The summed E-state index contributed by atoms with van der Waals surface area (Å²) in [7, 11) is 0. The number of piperidine rings is 1. The smallest absolute Gasteiger partial charge is 0.237 e. The average Bonchev–Trinajstić information content (AvgIpc) is 2.38. The third-order valence-corrected chi connectivity index (χ3v) is 3.16. The van der Waals surface area contributed by atoms with Crippen molar-refractivity contribution in [2.45, 2.75) is 12.8 Å². The summed E-state index contributed by atoms with van der Waals surface area (Å²) in [5.74, 6) is 5.82. The summed E-state index contributed by atoms with van der Waals surface area (Å²) in [6.45, 7) is 1.54. The minimum Gasteiger partial charge on any atom is -0.356 e. The lowest BCUT2D eigenvalue weighted by Crippen LogP contribution is -2.43. The Balaban J connectivity index is 1.97. The predicted molar refractivity (Wildman–Crippen MR) is 64.3 cm³/mol. The molecule has 3 N–H and O–H groups in total. The molecule has 1 amide bonds. The zero-order chi connectivity index (χ0) is 12.3. The van der Waals surface area contributed by atoms with Crippen molar-refractivity contribution in [1.29, 1.82) is 0 Å². The van der Waals surface area contributed by atoms with Crippen molar-refractivity contribution < 1.29 is 4.79 Å². The molecule has 0 aliphatic carbocycles. The number of nitrogens with two attached hydrogens (primary N) is 1. The lowest BCUT2D eigenvalue weighted by molar-refractivity contribution is -0.125. The molecule has 1 aromatic heterocycles. The lowest BCUT2D eigenvalue weighted by Gasteiger charge is -2.31. The molecular formula is C10H14ClN5O. The Morgan fingerprint density at radius 1 is 1.47 bits per heavy atom. The number of carbonyl (C=O) groups is 1. The summed E-state index contributed by atoms with van der Waals surface area (Å²) in [5.41, 5.74) is 2.19. The van der Waals surface area contributed by atoms with Crippen LogP contribution < -0.4 is 16.2 Å². The quantitative estimate of drug-likeness (QED) is 0.345. The summed E-state index contributed by atoms with van der Waals surface area (Å²) in [4.78, 5) is 21.5. The molecule has 1 aliphatic heterocycles. The Kier molecular flexibility index (Phi) is 3.75. The monoisotopic (exact) mass is 255 g/mol. The van der Waals surface area contributed by atoms with E-state index in [4.69, 9.17) is 17.4 Å². The minimum absolute atomic E-state index is 0.00596. The second-order valence-electron chi connectivity index (χ2n) is 3.97. The van der Waals surface area contributed by atoms with Crippen LogP contribution in [0, 0.1) is 5.92 Å². The maximum atomic E-state index is 11.4. The molecular weight excluding hydrogens is 242 g/mol. The highest BCUT2D eigenvalue weighted by Crippen LogP contribution is 2.22. The van der Waals surface area contributed by atoms with Gasteiger partial charge in [0, 0.05) is 25.1 Å². The fourth-order valence-electron chi connectivity index (χ4n) is 1.99. The standard InChI is InChI=1S/C10H14ClN5O/c11-8-5-9(14-6-13-8)16-3-1-7(2-4-16)10(17)15-12/h5-7H,1-4,12H2,(H,15,17). The fourth-order valence-corrected chi connectivity index (χ4v) is 2.13. The highest BCUT2D eigenvalue weighted by Gasteiger charge is 2.25. The number of aromatic nitrogens is 2. The number of halogens is 1. The van der Waals surface area contributed by atoms with Crippen LogP contribution in [0.5, 0.6) is 0 Å². The van der Waals surface area contributed by atoms with Crippen molar-refractivity contribution in [1.82, 2.24) is 15.4 Å². The fraction of sp³-hybridized carbons (Fsp3) is 0.500. The molecule has 2 rings (SSSR count). The van der Waals surface area contributed by atoms with Crippen molar-refractivity contribution in [3.05, 3.63) is 17.5 Å². The molecule has 0 unspecified atom stereocenters. The Labute approximate surface area is 104 Å². The van der Waals surface area contributed by atoms with Gasteiger partial charge in [-0.2, -0.15) is 0 Å². The van der Waals surface area contributed by atoms with Gasteiger partial charge >= 0.3 is 0 Å². The number of nitrogens with zero attached hydrogens (tertiary/aromatic N) is 3. The third-order valence-electron chi connectivity index (χ3n) is 2.95. The molecule has 0 spiro atoms. The molecule has 1 fully saturated rings. The van der Waals surface area contributed by atoms with Crippen LogP contribution in [0.1, 0.15) is 12.8 Å². The second kappa shape index (κ2) is 5.29. The number of carbonyl (C=O) groups excluding carboxylic acids is 1. The maximum absolute atomic E-state index is 11.4. The van der Waals surface area contributed by atoms with Crippen LogP contribution in [0.4, 0.5) is 5.82 Å². The summed E-state index contributed by atoms with van der Waals surface area (Å²) in [6, 6.07) is 1.73. The topological polar surface area (TPSA) is 84.1 Å². The number of nitrogens with one attached hydrogen (secondary N) is 1. The van der Waals surface area contributed by atoms with Gasteiger partial charge in [0.1, 0.15) is 17.3 Å². The van der Waals surface area contributed by atoms with Crippen molar-refractivity contribution in [2.75, 3.05) is 18.0 Å². The highest BCUT2D eigenvalue weighted by molar-refractivity contribution is 6.29. The average molecular weight is 256 g/mol. The van der Waals surface area contributed by atoms with Crippen LogP contribution in [0.25, 0.3) is 0 Å². The van der Waals surface area contributed by atoms with Gasteiger partial charge in [0.15, 0.2) is 0 Å². The molecule has 2 heterocycles. The van der Waals surface area contributed by atoms with Crippen LogP contribution in [0.2, 0.25) is 5.15 Å². The normalized spacial score (nSPS) is 16.9. The Hall–Kier alpha value is -1.40. The third kappa shape index (κ3) is 2.83. The van der Waals surface area contributed by atoms with Gasteiger partial charge in [-0.15, -0.1) is 0 Å². The predicted octanol–water partition coefficient (Wildman–Crippen LogP) is 0.336. The van der Waals surface area contributed by atoms with Gasteiger partial charge in [0.2, 0.25) is 5.91 Å². The zero-order valence-corrected chi connectivity index (χ0v) is 10.0. The van der Waals surface area contributed by atoms with Crippen molar-refractivity contribution >= 4 is 23.3 Å². The Morgan fingerprint density at radius 2 is 2.18 bits per heavy atom. The molecule has 1 aliphatic rings. The van der Waals surface area contributed by atoms with E-state index in [0.717, 1.165) is 31.7 Å².